The van der Waals surface area contributed by atoms with E-state index in [2.05, 4.69) is 20.9 Å². The molecule has 0 unspecified atom stereocenters. The molecule has 17 heavy (non-hydrogen) atoms. The quantitative estimate of drug-likeness (QED) is 0.615. The van der Waals surface area contributed by atoms with E-state index in [0.717, 1.165) is 0 Å². The maximum absolute atomic E-state index is 12.7. The van der Waals surface area contributed by atoms with Crippen LogP contribution in [0.25, 0.3) is 0 Å². The largest absolute Gasteiger partial charge is 0.418 e. The lowest BCUT2D eigenvalue weighted by Gasteiger charge is -2.15. The predicted octanol–water partition coefficient (Wildman–Crippen LogP) is 3.80. The summed E-state index contributed by atoms with van der Waals surface area (Å²) in [5, 5.41) is 8.11. The third-order valence-corrected chi connectivity index (χ3v) is 2.55. The molecule has 0 radical (unpaired) electrons. The van der Waals surface area contributed by atoms with E-state index in [1.165, 1.54) is 6.07 Å². The number of pyridine rings is 1. The van der Waals surface area contributed by atoms with E-state index in [1.54, 1.807) is 0 Å². The summed E-state index contributed by atoms with van der Waals surface area (Å²) >= 11 is 2.71. The number of halogens is 6. The van der Waals surface area contributed by atoms with Gasteiger partial charge in [-0.25, -0.2) is 13.8 Å². The summed E-state index contributed by atoms with van der Waals surface area (Å²) in [5.74, 6) is 0. The summed E-state index contributed by atoms with van der Waals surface area (Å²) in [4.78, 5) is 3.11. The lowest BCUT2D eigenvalue weighted by atomic mass is 10.0. The second kappa shape index (κ2) is 4.96. The molecular weight excluding hydrogens is 311 g/mol. The van der Waals surface area contributed by atoms with Crippen LogP contribution in [-0.2, 0) is 11.5 Å². The topological polar surface area (TPSA) is 36.7 Å². The first-order chi connectivity index (χ1) is 7.82. The highest BCUT2D eigenvalue weighted by Crippen LogP contribution is 2.37. The smallest absolute Gasteiger partial charge is 0.244 e. The monoisotopic (exact) mass is 314 g/mol. The summed E-state index contributed by atoms with van der Waals surface area (Å²) in [5.41, 5.74) is -3.58. The number of hydrogen-bond acceptors (Lipinski definition) is 2. The Bertz CT molecular complexity index is 464. The van der Waals surface area contributed by atoms with Gasteiger partial charge < -0.3 is 0 Å². The third-order valence-electron chi connectivity index (χ3n) is 1.99. The molecule has 1 aromatic heterocycles. The molecule has 2 nitrogen and oxygen atoms in total. The first-order valence-electron chi connectivity index (χ1n) is 4.16. The highest BCUT2D eigenvalue weighted by Gasteiger charge is 2.36. The Kier molecular flexibility index (Phi) is 4.03. The fourth-order valence-electron chi connectivity index (χ4n) is 1.28. The molecule has 0 amide bonds. The summed E-state index contributed by atoms with van der Waals surface area (Å²) in [6.07, 6.45) is -7.58. The minimum absolute atomic E-state index is 0.390. The highest BCUT2D eigenvalue weighted by atomic mass is 79.9. The molecule has 1 rings (SSSR count). The lowest BCUT2D eigenvalue weighted by Crippen LogP contribution is -2.13. The van der Waals surface area contributed by atoms with E-state index in [0.29, 0.717) is 6.20 Å². The number of rotatable bonds is 2. The van der Waals surface area contributed by atoms with Crippen molar-refractivity contribution in [2.24, 2.45) is 0 Å². The Morgan fingerprint density at radius 3 is 2.35 bits per heavy atom. The Morgan fingerprint density at radius 1 is 1.41 bits per heavy atom. The average Bonchev–Trinajstić information content (AvgIpc) is 2.25. The van der Waals surface area contributed by atoms with Gasteiger partial charge in [-0.15, -0.1) is 0 Å². The molecule has 1 aromatic rings. The van der Waals surface area contributed by atoms with E-state index < -0.39 is 40.3 Å². The van der Waals surface area contributed by atoms with Gasteiger partial charge in [-0.1, -0.05) is 15.9 Å². The third kappa shape index (κ3) is 2.72. The molecule has 0 aromatic carbocycles. The maximum atomic E-state index is 12.7. The van der Waals surface area contributed by atoms with Crippen LogP contribution in [0.5, 0.6) is 0 Å². The van der Waals surface area contributed by atoms with Gasteiger partial charge in [0.15, 0.2) is 0 Å². The van der Waals surface area contributed by atoms with E-state index in [1.807, 2.05) is 0 Å². The molecule has 1 heterocycles. The highest BCUT2D eigenvalue weighted by molar-refractivity contribution is 9.08. The van der Waals surface area contributed by atoms with Crippen molar-refractivity contribution in [2.75, 3.05) is 0 Å². The number of nitrogens with zero attached hydrogens (tertiary/aromatic N) is 2. The molecule has 0 aliphatic heterocycles. The lowest BCUT2D eigenvalue weighted by molar-refractivity contribution is -0.138. The summed E-state index contributed by atoms with van der Waals surface area (Å²) in [6.45, 7) is 0. The molecule has 0 aliphatic rings. The molecule has 0 spiro atoms. The average molecular weight is 315 g/mol. The molecule has 0 aliphatic carbocycles. The Morgan fingerprint density at radius 2 is 2.00 bits per heavy atom. The van der Waals surface area contributed by atoms with Gasteiger partial charge in [0, 0.05) is 11.5 Å². The zero-order chi connectivity index (χ0) is 13.2. The molecule has 0 bridgehead atoms. The first-order valence-corrected chi connectivity index (χ1v) is 5.28. The van der Waals surface area contributed by atoms with Crippen molar-refractivity contribution in [1.29, 1.82) is 5.26 Å². The van der Waals surface area contributed by atoms with Crippen molar-refractivity contribution in [2.45, 2.75) is 17.9 Å². The van der Waals surface area contributed by atoms with Crippen molar-refractivity contribution in [1.82, 2.24) is 4.98 Å². The Labute approximate surface area is 101 Å². The SMILES string of the molecule is N#Cc1ncc(C(F)(F)F)c(CBr)c1C(F)F. The standard InChI is InChI=1S/C9H4BrF5N2/c10-1-4-5(9(13,14)15)3-17-6(2-16)7(4)8(11)12/h3,8H,1H2. The second-order valence-electron chi connectivity index (χ2n) is 2.96. The van der Waals surface area contributed by atoms with Gasteiger partial charge in [-0.2, -0.15) is 18.4 Å². The van der Waals surface area contributed by atoms with Crippen LogP contribution in [-0.4, -0.2) is 4.98 Å². The zero-order valence-electron chi connectivity index (χ0n) is 8.02. The van der Waals surface area contributed by atoms with Crippen LogP contribution >= 0.6 is 15.9 Å². The molecule has 0 fully saturated rings. The van der Waals surface area contributed by atoms with E-state index in [9.17, 15) is 22.0 Å². The van der Waals surface area contributed by atoms with Gasteiger partial charge in [0.05, 0.1) is 11.1 Å². The number of aromatic nitrogens is 1. The van der Waals surface area contributed by atoms with Gasteiger partial charge in [-0.3, -0.25) is 0 Å². The van der Waals surface area contributed by atoms with Crippen molar-refractivity contribution in [3.8, 4) is 6.07 Å². The van der Waals surface area contributed by atoms with Gasteiger partial charge in [-0.05, 0) is 5.56 Å². The van der Waals surface area contributed by atoms with Crippen molar-refractivity contribution in [3.05, 3.63) is 28.6 Å². The van der Waals surface area contributed by atoms with Crippen LogP contribution in [0.1, 0.15) is 28.8 Å². The van der Waals surface area contributed by atoms with E-state index in [4.69, 9.17) is 5.26 Å². The van der Waals surface area contributed by atoms with Crippen molar-refractivity contribution in [3.63, 3.8) is 0 Å². The minimum Gasteiger partial charge on any atom is -0.244 e. The van der Waals surface area contributed by atoms with Crippen LogP contribution in [0.4, 0.5) is 22.0 Å². The first kappa shape index (κ1) is 13.8. The predicted molar refractivity (Wildman–Crippen MR) is 51.5 cm³/mol. The molecule has 92 valence electrons. The number of alkyl halides is 6. The van der Waals surface area contributed by atoms with Crippen molar-refractivity contribution < 1.29 is 22.0 Å². The molecule has 0 saturated carbocycles. The molecule has 8 heteroatoms. The van der Waals surface area contributed by atoms with Crippen LogP contribution in [0.15, 0.2) is 6.20 Å². The van der Waals surface area contributed by atoms with Gasteiger partial charge in [0.25, 0.3) is 6.43 Å². The zero-order valence-corrected chi connectivity index (χ0v) is 9.61. The van der Waals surface area contributed by atoms with Crippen LogP contribution in [0.3, 0.4) is 0 Å². The fourth-order valence-corrected chi connectivity index (χ4v) is 1.88. The summed E-state index contributed by atoms with van der Waals surface area (Å²) in [7, 11) is 0. The van der Waals surface area contributed by atoms with E-state index in [-0.39, 0.29) is 0 Å². The van der Waals surface area contributed by atoms with Gasteiger partial charge in [0.1, 0.15) is 11.8 Å². The van der Waals surface area contributed by atoms with E-state index >= 15 is 0 Å². The second-order valence-corrected chi connectivity index (χ2v) is 3.52. The number of nitriles is 1. The van der Waals surface area contributed by atoms with Crippen LogP contribution in [0.2, 0.25) is 0 Å². The normalized spacial score (nSPS) is 11.6. The Balaban J connectivity index is 3.60. The molecule has 0 N–H and O–H groups in total. The van der Waals surface area contributed by atoms with Gasteiger partial charge >= 0.3 is 6.18 Å². The minimum atomic E-state index is -4.78. The maximum Gasteiger partial charge on any atom is 0.418 e. The number of hydrogen-bond donors (Lipinski definition) is 0. The fraction of sp³-hybridized carbons (Fsp3) is 0.333. The summed E-state index contributed by atoms with van der Waals surface area (Å²) in [6, 6.07) is 1.35. The van der Waals surface area contributed by atoms with Gasteiger partial charge in [0.2, 0.25) is 0 Å². The Hall–Kier alpha value is -1.23. The molecule has 0 saturated heterocycles. The summed E-state index contributed by atoms with van der Waals surface area (Å²) < 4.78 is 62.9. The molecular formula is C9H4BrF5N2. The molecule has 0 atom stereocenters. The van der Waals surface area contributed by atoms with Crippen LogP contribution < -0.4 is 0 Å². The van der Waals surface area contributed by atoms with Crippen LogP contribution in [0, 0.1) is 11.3 Å². The van der Waals surface area contributed by atoms with Crippen molar-refractivity contribution >= 4 is 15.9 Å².